The number of carbonyl (C=O) groups excluding carboxylic acids is 3. The van der Waals surface area contributed by atoms with Gasteiger partial charge in [0, 0.05) is 42.8 Å². The van der Waals surface area contributed by atoms with Crippen LogP contribution in [0.25, 0.3) is 0 Å². The van der Waals surface area contributed by atoms with Crippen molar-refractivity contribution in [2.24, 2.45) is 5.92 Å². The summed E-state index contributed by atoms with van der Waals surface area (Å²) in [5.74, 6) is -0.215. The van der Waals surface area contributed by atoms with Gasteiger partial charge in [-0.25, -0.2) is 4.79 Å². The maximum atomic E-state index is 12.4. The maximum Gasteiger partial charge on any atom is 0.321 e. The molecule has 0 bridgehead atoms. The van der Waals surface area contributed by atoms with Crippen LogP contribution in [0.2, 0.25) is 0 Å². The summed E-state index contributed by atoms with van der Waals surface area (Å²) in [4.78, 5) is 38.9. The minimum Gasteiger partial charge on any atom is -0.353 e. The number of likely N-dealkylation sites (tertiary alicyclic amines) is 1. The third kappa shape index (κ3) is 5.42. The largest absolute Gasteiger partial charge is 0.353 e. The van der Waals surface area contributed by atoms with E-state index in [1.54, 1.807) is 4.90 Å². The molecule has 2 aliphatic heterocycles. The second-order valence-corrected chi connectivity index (χ2v) is 8.21. The molecule has 1 fully saturated rings. The second kappa shape index (κ2) is 9.64. The quantitative estimate of drug-likeness (QED) is 0.693. The number of urea groups is 1. The highest BCUT2D eigenvalue weighted by atomic mass is 16.2. The van der Waals surface area contributed by atoms with Crippen molar-refractivity contribution in [1.29, 1.82) is 0 Å². The van der Waals surface area contributed by atoms with Crippen molar-refractivity contribution in [3.8, 4) is 0 Å². The van der Waals surface area contributed by atoms with Crippen LogP contribution < -0.4 is 16.0 Å². The van der Waals surface area contributed by atoms with Gasteiger partial charge in [-0.1, -0.05) is 36.4 Å². The van der Waals surface area contributed by atoms with Crippen LogP contribution in [0.3, 0.4) is 0 Å². The molecule has 2 aromatic rings. The van der Waals surface area contributed by atoms with Gasteiger partial charge >= 0.3 is 6.03 Å². The van der Waals surface area contributed by atoms with Gasteiger partial charge in [-0.15, -0.1) is 0 Å². The molecule has 2 heterocycles. The first-order valence-electron chi connectivity index (χ1n) is 10.9. The lowest BCUT2D eigenvalue weighted by molar-refractivity contribution is -0.123. The highest BCUT2D eigenvalue weighted by Gasteiger charge is 2.27. The Kier molecular flexibility index (Phi) is 6.50. The third-order valence-electron chi connectivity index (χ3n) is 6.00. The number of amides is 4. The molecule has 0 spiro atoms. The zero-order valence-corrected chi connectivity index (χ0v) is 17.5. The number of anilines is 2. The molecule has 4 amide bonds. The summed E-state index contributed by atoms with van der Waals surface area (Å²) >= 11 is 0. The topological polar surface area (TPSA) is 90.5 Å². The molecule has 0 aromatic heterocycles. The number of carbonyl (C=O) groups is 3. The molecular formula is C24H28N4O3. The summed E-state index contributed by atoms with van der Waals surface area (Å²) in [6.07, 6.45) is 2.99. The van der Waals surface area contributed by atoms with Crippen LogP contribution in [0.1, 0.15) is 31.2 Å². The smallest absolute Gasteiger partial charge is 0.321 e. The summed E-state index contributed by atoms with van der Waals surface area (Å²) in [6, 6.07) is 17.1. The molecule has 3 N–H and O–H groups in total. The van der Waals surface area contributed by atoms with E-state index < -0.39 is 0 Å². The van der Waals surface area contributed by atoms with Crippen LogP contribution in [0.15, 0.2) is 54.6 Å². The van der Waals surface area contributed by atoms with Gasteiger partial charge in [0.15, 0.2) is 0 Å². The lowest BCUT2D eigenvalue weighted by atomic mass is 9.89. The van der Waals surface area contributed by atoms with Crippen molar-refractivity contribution >= 4 is 29.2 Å². The predicted molar refractivity (Wildman–Crippen MR) is 120 cm³/mol. The number of nitrogens with zero attached hydrogens (tertiary/aromatic N) is 1. The molecule has 162 valence electrons. The van der Waals surface area contributed by atoms with Crippen LogP contribution in [0, 0.1) is 5.92 Å². The van der Waals surface area contributed by atoms with Crippen LogP contribution in [0.5, 0.6) is 0 Å². The van der Waals surface area contributed by atoms with Crippen molar-refractivity contribution in [2.75, 3.05) is 23.7 Å². The SMILES string of the molecule is O=C(CCC1Cc2ccccc2NC1=O)NC1CCN(C(=O)Nc2ccccc2)CC1. The van der Waals surface area contributed by atoms with Crippen LogP contribution >= 0.6 is 0 Å². The third-order valence-corrected chi connectivity index (χ3v) is 6.00. The minimum atomic E-state index is -0.177. The summed E-state index contributed by atoms with van der Waals surface area (Å²) in [5, 5.41) is 8.90. The van der Waals surface area contributed by atoms with E-state index in [1.807, 2.05) is 54.6 Å². The van der Waals surface area contributed by atoms with Crippen molar-refractivity contribution in [2.45, 2.75) is 38.1 Å². The fourth-order valence-corrected chi connectivity index (χ4v) is 4.20. The molecule has 7 heteroatoms. The number of hydrogen-bond donors (Lipinski definition) is 3. The van der Waals surface area contributed by atoms with Crippen molar-refractivity contribution in [3.63, 3.8) is 0 Å². The highest BCUT2D eigenvalue weighted by Crippen LogP contribution is 2.27. The maximum absolute atomic E-state index is 12.4. The van der Waals surface area contributed by atoms with E-state index in [-0.39, 0.29) is 29.8 Å². The number of hydrogen-bond acceptors (Lipinski definition) is 3. The fraction of sp³-hybridized carbons (Fsp3) is 0.375. The number of para-hydroxylation sites is 2. The van der Waals surface area contributed by atoms with Gasteiger partial charge in [-0.05, 0) is 49.4 Å². The van der Waals surface area contributed by atoms with Crippen molar-refractivity contribution in [1.82, 2.24) is 10.2 Å². The average molecular weight is 421 g/mol. The standard InChI is InChI=1S/C24H28N4O3/c29-22(11-10-18-16-17-6-4-5-9-21(17)27-23(18)30)25-20-12-14-28(15-13-20)24(31)26-19-7-2-1-3-8-19/h1-9,18,20H,10-16H2,(H,25,29)(H,26,31)(H,27,30). The first kappa shape index (κ1) is 20.9. The number of nitrogens with one attached hydrogen (secondary N) is 3. The highest BCUT2D eigenvalue weighted by molar-refractivity contribution is 5.96. The molecule has 1 unspecified atom stereocenters. The monoisotopic (exact) mass is 420 g/mol. The number of piperidine rings is 1. The minimum absolute atomic E-state index is 0.00997. The molecule has 31 heavy (non-hydrogen) atoms. The second-order valence-electron chi connectivity index (χ2n) is 8.21. The average Bonchev–Trinajstić information content (AvgIpc) is 2.79. The van der Waals surface area contributed by atoms with E-state index in [4.69, 9.17) is 0 Å². The Morgan fingerprint density at radius 2 is 1.71 bits per heavy atom. The Balaban J connectivity index is 1.18. The van der Waals surface area contributed by atoms with E-state index in [1.165, 1.54) is 0 Å². The van der Waals surface area contributed by atoms with Gasteiger partial charge in [0.05, 0.1) is 0 Å². The van der Waals surface area contributed by atoms with E-state index in [2.05, 4.69) is 16.0 Å². The molecule has 1 saturated heterocycles. The van der Waals surface area contributed by atoms with Crippen LogP contribution in [-0.4, -0.2) is 41.9 Å². The Hall–Kier alpha value is -3.35. The molecule has 2 aromatic carbocycles. The van der Waals surface area contributed by atoms with E-state index >= 15 is 0 Å². The van der Waals surface area contributed by atoms with Gasteiger partial charge in [-0.2, -0.15) is 0 Å². The Morgan fingerprint density at radius 3 is 2.48 bits per heavy atom. The van der Waals surface area contributed by atoms with Crippen molar-refractivity contribution in [3.05, 3.63) is 60.2 Å². The number of rotatable bonds is 5. The van der Waals surface area contributed by atoms with Gasteiger partial charge in [0.1, 0.15) is 0 Å². The fourth-order valence-electron chi connectivity index (χ4n) is 4.20. The van der Waals surface area contributed by atoms with Gasteiger partial charge < -0.3 is 20.9 Å². The summed E-state index contributed by atoms with van der Waals surface area (Å²) in [6.45, 7) is 1.21. The van der Waals surface area contributed by atoms with E-state index in [0.29, 0.717) is 32.4 Å². The number of fused-ring (bicyclic) bond motifs is 1. The normalized spacial score (nSPS) is 18.6. The first-order chi connectivity index (χ1) is 15.1. The zero-order chi connectivity index (χ0) is 21.6. The predicted octanol–water partition coefficient (Wildman–Crippen LogP) is 3.39. The Labute approximate surface area is 182 Å². The van der Waals surface area contributed by atoms with Crippen LogP contribution in [0.4, 0.5) is 16.2 Å². The van der Waals surface area contributed by atoms with Gasteiger partial charge in [0.25, 0.3) is 0 Å². The van der Waals surface area contributed by atoms with Gasteiger partial charge in [-0.3, -0.25) is 9.59 Å². The summed E-state index contributed by atoms with van der Waals surface area (Å²) in [7, 11) is 0. The van der Waals surface area contributed by atoms with Crippen LogP contribution in [-0.2, 0) is 16.0 Å². The van der Waals surface area contributed by atoms with Crippen molar-refractivity contribution < 1.29 is 14.4 Å². The summed E-state index contributed by atoms with van der Waals surface area (Å²) < 4.78 is 0. The van der Waals surface area contributed by atoms with Gasteiger partial charge in [0.2, 0.25) is 11.8 Å². The Bertz CT molecular complexity index is 939. The molecule has 0 aliphatic carbocycles. The number of benzene rings is 2. The van der Waals surface area contributed by atoms with E-state index in [0.717, 1.165) is 29.8 Å². The molecule has 7 nitrogen and oxygen atoms in total. The zero-order valence-electron chi connectivity index (χ0n) is 17.5. The lowest BCUT2D eigenvalue weighted by Crippen LogP contribution is -2.47. The first-order valence-corrected chi connectivity index (χ1v) is 10.9. The Morgan fingerprint density at radius 1 is 1.00 bits per heavy atom. The summed E-state index contributed by atoms with van der Waals surface area (Å²) in [5.41, 5.74) is 2.77. The lowest BCUT2D eigenvalue weighted by Gasteiger charge is -2.32. The molecule has 4 rings (SSSR count). The molecular weight excluding hydrogens is 392 g/mol. The molecule has 1 atom stereocenters. The van der Waals surface area contributed by atoms with E-state index in [9.17, 15) is 14.4 Å². The molecule has 0 radical (unpaired) electrons. The molecule has 0 saturated carbocycles. The molecule has 2 aliphatic rings.